The Labute approximate surface area is 119 Å². The summed E-state index contributed by atoms with van der Waals surface area (Å²) in [6.45, 7) is 0. The van der Waals surface area contributed by atoms with Gasteiger partial charge in [-0.05, 0) is 37.5 Å². The quantitative estimate of drug-likeness (QED) is 0.854. The predicted octanol–water partition coefficient (Wildman–Crippen LogP) is 3.15. The van der Waals surface area contributed by atoms with E-state index >= 15 is 0 Å². The minimum atomic E-state index is -0.352. The van der Waals surface area contributed by atoms with Gasteiger partial charge in [0.1, 0.15) is 10.8 Å². The van der Waals surface area contributed by atoms with E-state index in [0.29, 0.717) is 11.3 Å². The molecule has 0 bridgehead atoms. The van der Waals surface area contributed by atoms with Gasteiger partial charge in [0.15, 0.2) is 5.13 Å². The van der Waals surface area contributed by atoms with Crippen LogP contribution in [0.2, 0.25) is 0 Å². The number of aromatic nitrogens is 1. The van der Waals surface area contributed by atoms with E-state index in [2.05, 4.69) is 10.3 Å². The maximum absolute atomic E-state index is 13.2. The fraction of sp³-hybridized carbons (Fsp3) is 0.231. The molecule has 1 aromatic heterocycles. The molecule has 0 radical (unpaired) electrons. The van der Waals surface area contributed by atoms with Crippen molar-refractivity contribution in [1.29, 1.82) is 0 Å². The number of anilines is 2. The zero-order valence-corrected chi connectivity index (χ0v) is 11.7. The average Bonchev–Trinajstić information content (AvgIpc) is 2.91. The topological polar surface area (TPSA) is 50.9 Å². The largest absolute Gasteiger partial charge is 0.389 e. The molecule has 0 fully saturated rings. The molecular formula is C13H12FN3S2. The van der Waals surface area contributed by atoms with Crippen LogP contribution < -0.4 is 11.1 Å². The molecule has 1 heterocycles. The van der Waals surface area contributed by atoms with E-state index in [-0.39, 0.29) is 10.8 Å². The van der Waals surface area contributed by atoms with Gasteiger partial charge in [0, 0.05) is 10.4 Å². The van der Waals surface area contributed by atoms with Gasteiger partial charge in [0.05, 0.1) is 11.4 Å². The normalized spacial score (nSPS) is 13.3. The lowest BCUT2D eigenvalue weighted by atomic mass is 10.1. The van der Waals surface area contributed by atoms with Gasteiger partial charge in [-0.25, -0.2) is 9.37 Å². The van der Waals surface area contributed by atoms with E-state index in [9.17, 15) is 4.39 Å². The molecule has 0 unspecified atom stereocenters. The maximum atomic E-state index is 13.2. The lowest BCUT2D eigenvalue weighted by molar-refractivity contribution is 0.628. The van der Waals surface area contributed by atoms with E-state index < -0.39 is 0 Å². The highest BCUT2D eigenvalue weighted by molar-refractivity contribution is 7.80. The van der Waals surface area contributed by atoms with Gasteiger partial charge in [-0.15, -0.1) is 11.3 Å². The first-order valence-corrected chi connectivity index (χ1v) is 7.21. The van der Waals surface area contributed by atoms with Gasteiger partial charge in [-0.1, -0.05) is 12.2 Å². The molecular weight excluding hydrogens is 281 g/mol. The number of hydrogen-bond donors (Lipinski definition) is 2. The Morgan fingerprint density at radius 2 is 2.26 bits per heavy atom. The van der Waals surface area contributed by atoms with Crippen LogP contribution in [0.5, 0.6) is 0 Å². The Morgan fingerprint density at radius 1 is 1.42 bits per heavy atom. The van der Waals surface area contributed by atoms with Crippen molar-refractivity contribution >= 4 is 39.4 Å². The second kappa shape index (κ2) is 4.86. The Bertz CT molecular complexity index is 630. The van der Waals surface area contributed by atoms with Crippen molar-refractivity contribution in [3.8, 4) is 0 Å². The highest BCUT2D eigenvalue weighted by atomic mass is 32.1. The van der Waals surface area contributed by atoms with Crippen LogP contribution in [0.4, 0.5) is 15.2 Å². The molecule has 0 aliphatic heterocycles. The van der Waals surface area contributed by atoms with Crippen LogP contribution in [0.1, 0.15) is 22.6 Å². The summed E-state index contributed by atoms with van der Waals surface area (Å²) < 4.78 is 13.2. The minimum absolute atomic E-state index is 0.172. The van der Waals surface area contributed by atoms with Crippen LogP contribution in [0.25, 0.3) is 0 Å². The summed E-state index contributed by atoms with van der Waals surface area (Å²) in [5.74, 6) is -0.352. The molecule has 0 spiro atoms. The molecule has 1 aliphatic rings. The van der Waals surface area contributed by atoms with Crippen molar-refractivity contribution in [3.63, 3.8) is 0 Å². The zero-order chi connectivity index (χ0) is 13.4. The number of aryl methyl sites for hydroxylation is 2. The first-order chi connectivity index (χ1) is 9.13. The van der Waals surface area contributed by atoms with Gasteiger partial charge in [0.2, 0.25) is 0 Å². The summed E-state index contributed by atoms with van der Waals surface area (Å²) in [5, 5.41) is 4.00. The van der Waals surface area contributed by atoms with E-state index in [1.807, 2.05) is 0 Å². The summed E-state index contributed by atoms with van der Waals surface area (Å²) in [6, 6.07) is 4.35. The Kier molecular flexibility index (Phi) is 3.20. The third-order valence-corrected chi connectivity index (χ3v) is 4.38. The predicted molar refractivity (Wildman–Crippen MR) is 79.7 cm³/mol. The molecule has 0 saturated heterocycles. The van der Waals surface area contributed by atoms with Gasteiger partial charge < -0.3 is 11.1 Å². The summed E-state index contributed by atoms with van der Waals surface area (Å²) in [7, 11) is 0. The lowest BCUT2D eigenvalue weighted by Gasteiger charge is -2.09. The van der Waals surface area contributed by atoms with Crippen molar-refractivity contribution in [2.75, 3.05) is 5.32 Å². The smallest absolute Gasteiger partial charge is 0.187 e. The SMILES string of the molecule is NC(=S)c1cc(F)ccc1Nc1nc2c(s1)CCC2. The fourth-order valence-electron chi connectivity index (χ4n) is 2.19. The van der Waals surface area contributed by atoms with Crippen LogP contribution in [0, 0.1) is 5.82 Å². The number of halogens is 1. The van der Waals surface area contributed by atoms with Crippen molar-refractivity contribution in [2.45, 2.75) is 19.3 Å². The number of fused-ring (bicyclic) bond motifs is 1. The van der Waals surface area contributed by atoms with E-state index in [1.54, 1.807) is 17.4 Å². The number of thiocarbonyl (C=S) groups is 1. The monoisotopic (exact) mass is 293 g/mol. The van der Waals surface area contributed by atoms with Crippen LogP contribution in [0.3, 0.4) is 0 Å². The minimum Gasteiger partial charge on any atom is -0.389 e. The number of benzene rings is 1. The lowest BCUT2D eigenvalue weighted by Crippen LogP contribution is -2.12. The molecule has 2 aromatic rings. The molecule has 3 rings (SSSR count). The van der Waals surface area contributed by atoms with Crippen molar-refractivity contribution in [1.82, 2.24) is 4.98 Å². The van der Waals surface area contributed by atoms with Crippen molar-refractivity contribution in [2.24, 2.45) is 5.73 Å². The molecule has 19 heavy (non-hydrogen) atoms. The number of thiazole rings is 1. The molecule has 3 N–H and O–H groups in total. The number of rotatable bonds is 3. The second-order valence-electron chi connectivity index (χ2n) is 4.42. The highest BCUT2D eigenvalue weighted by Gasteiger charge is 2.17. The molecule has 0 atom stereocenters. The van der Waals surface area contributed by atoms with Crippen LogP contribution in [0.15, 0.2) is 18.2 Å². The Balaban J connectivity index is 1.92. The van der Waals surface area contributed by atoms with Crippen LogP contribution in [-0.2, 0) is 12.8 Å². The maximum Gasteiger partial charge on any atom is 0.187 e. The summed E-state index contributed by atoms with van der Waals surface area (Å²) in [6.07, 6.45) is 3.32. The molecule has 0 amide bonds. The number of hydrogen-bond acceptors (Lipinski definition) is 4. The highest BCUT2D eigenvalue weighted by Crippen LogP contribution is 2.32. The summed E-state index contributed by atoms with van der Waals surface area (Å²) in [4.78, 5) is 6.05. The Hall–Kier alpha value is -1.53. The second-order valence-corrected chi connectivity index (χ2v) is 5.95. The van der Waals surface area contributed by atoms with E-state index in [4.69, 9.17) is 18.0 Å². The van der Waals surface area contributed by atoms with Gasteiger partial charge in [-0.3, -0.25) is 0 Å². The number of nitrogens with one attached hydrogen (secondary N) is 1. The van der Waals surface area contributed by atoms with Crippen LogP contribution >= 0.6 is 23.6 Å². The van der Waals surface area contributed by atoms with Crippen molar-refractivity contribution < 1.29 is 4.39 Å². The first-order valence-electron chi connectivity index (χ1n) is 5.98. The van der Waals surface area contributed by atoms with Crippen molar-refractivity contribution in [3.05, 3.63) is 40.2 Å². The molecule has 1 aromatic carbocycles. The molecule has 1 aliphatic carbocycles. The average molecular weight is 293 g/mol. The van der Waals surface area contributed by atoms with Crippen LogP contribution in [-0.4, -0.2) is 9.97 Å². The fourth-order valence-corrected chi connectivity index (χ4v) is 3.42. The molecule has 98 valence electrons. The standard InChI is InChI=1S/C13H12FN3S2/c14-7-4-5-9(8(6-7)12(15)18)16-13-17-10-2-1-3-11(10)19-13/h4-6H,1-3H2,(H2,15,18)(H,16,17). The summed E-state index contributed by atoms with van der Waals surface area (Å²) in [5.41, 5.74) is 7.99. The summed E-state index contributed by atoms with van der Waals surface area (Å²) >= 11 is 6.59. The van der Waals surface area contributed by atoms with E-state index in [0.717, 1.165) is 18.0 Å². The zero-order valence-electron chi connectivity index (χ0n) is 10.1. The third kappa shape index (κ3) is 2.46. The van der Waals surface area contributed by atoms with E-state index in [1.165, 1.54) is 29.1 Å². The molecule has 6 heteroatoms. The van der Waals surface area contributed by atoms with Gasteiger partial charge in [-0.2, -0.15) is 0 Å². The molecule has 3 nitrogen and oxygen atoms in total. The number of nitrogens with zero attached hydrogens (tertiary/aromatic N) is 1. The Morgan fingerprint density at radius 3 is 3.00 bits per heavy atom. The molecule has 0 saturated carbocycles. The first kappa shape index (κ1) is 12.5. The van der Waals surface area contributed by atoms with Gasteiger partial charge >= 0.3 is 0 Å². The third-order valence-electron chi connectivity index (χ3n) is 3.08. The number of nitrogens with two attached hydrogens (primary N) is 1. The van der Waals surface area contributed by atoms with Gasteiger partial charge in [0.25, 0.3) is 0 Å².